The molecule has 28 heavy (non-hydrogen) atoms. The van der Waals surface area contributed by atoms with Gasteiger partial charge in [0.1, 0.15) is 0 Å². The molecule has 1 unspecified atom stereocenters. The quantitative estimate of drug-likeness (QED) is 0.738. The number of piperidine rings is 1. The number of imidazole rings is 1. The summed E-state index contributed by atoms with van der Waals surface area (Å²) in [5.74, 6) is 0.816. The number of nitrogens with zero attached hydrogens (tertiary/aromatic N) is 5. The maximum Gasteiger partial charge on any atom is 0.225 e. The highest BCUT2D eigenvalue weighted by Gasteiger charge is 2.27. The number of aryl methyl sites for hydroxylation is 2. The number of carbonyl (C=O) groups excluding carboxylic acids is 1. The van der Waals surface area contributed by atoms with Crippen molar-refractivity contribution < 1.29 is 4.79 Å². The molecule has 1 fully saturated rings. The van der Waals surface area contributed by atoms with Crippen molar-refractivity contribution in [1.29, 1.82) is 0 Å². The summed E-state index contributed by atoms with van der Waals surface area (Å²) < 4.78 is 2.08. The minimum absolute atomic E-state index is 0.0299. The molecule has 0 aliphatic carbocycles. The molecule has 3 heterocycles. The van der Waals surface area contributed by atoms with Crippen molar-refractivity contribution in [1.82, 2.24) is 24.8 Å². The van der Waals surface area contributed by atoms with Gasteiger partial charge in [0.15, 0.2) is 0 Å². The van der Waals surface area contributed by atoms with Crippen molar-refractivity contribution in [2.24, 2.45) is 5.92 Å². The average molecular weight is 378 g/mol. The van der Waals surface area contributed by atoms with Crippen LogP contribution in [-0.2, 0) is 11.3 Å². The van der Waals surface area contributed by atoms with Crippen molar-refractivity contribution in [2.45, 2.75) is 33.2 Å². The Bertz CT molecular complexity index is 962. The van der Waals surface area contributed by atoms with E-state index in [9.17, 15) is 4.79 Å². The molecule has 1 aliphatic heterocycles. The van der Waals surface area contributed by atoms with Gasteiger partial charge in [0.05, 0.1) is 23.3 Å². The van der Waals surface area contributed by atoms with E-state index in [1.165, 1.54) is 0 Å². The van der Waals surface area contributed by atoms with E-state index in [0.717, 1.165) is 47.8 Å². The molecule has 7 nitrogen and oxygen atoms in total. The second-order valence-corrected chi connectivity index (χ2v) is 7.45. The molecule has 0 spiro atoms. The Hall–Kier alpha value is -2.96. The summed E-state index contributed by atoms with van der Waals surface area (Å²) in [5, 5.41) is 3.10. The van der Waals surface area contributed by atoms with E-state index in [1.807, 2.05) is 50.5 Å². The summed E-state index contributed by atoms with van der Waals surface area (Å²) in [7, 11) is 0. The summed E-state index contributed by atoms with van der Waals surface area (Å²) in [6.07, 6.45) is 3.71. The topological polar surface area (TPSA) is 75.9 Å². The molecule has 0 saturated carbocycles. The molecule has 0 bridgehead atoms. The van der Waals surface area contributed by atoms with Gasteiger partial charge in [-0.2, -0.15) is 0 Å². The van der Waals surface area contributed by atoms with Gasteiger partial charge in [0, 0.05) is 37.6 Å². The van der Waals surface area contributed by atoms with Crippen LogP contribution in [0.4, 0.5) is 5.95 Å². The molecular formula is C21H26N6O. The van der Waals surface area contributed by atoms with E-state index in [1.54, 1.807) is 0 Å². The maximum atomic E-state index is 12.7. The summed E-state index contributed by atoms with van der Waals surface area (Å²) >= 11 is 0. The molecule has 1 amide bonds. The van der Waals surface area contributed by atoms with Gasteiger partial charge in [-0.15, -0.1) is 0 Å². The molecule has 146 valence electrons. The van der Waals surface area contributed by atoms with Crippen LogP contribution in [0, 0.1) is 19.8 Å². The van der Waals surface area contributed by atoms with Crippen molar-refractivity contribution in [3.63, 3.8) is 0 Å². The Kier molecular flexibility index (Phi) is 5.23. The Balaban J connectivity index is 1.34. The van der Waals surface area contributed by atoms with Crippen LogP contribution in [0.15, 0.2) is 36.7 Å². The second-order valence-electron chi connectivity index (χ2n) is 7.45. The number of amides is 1. The Morgan fingerprint density at radius 3 is 2.82 bits per heavy atom. The molecule has 4 rings (SSSR count). The normalized spacial score (nSPS) is 17.1. The number of benzene rings is 1. The lowest BCUT2D eigenvalue weighted by Crippen LogP contribution is -2.44. The summed E-state index contributed by atoms with van der Waals surface area (Å²) in [5.41, 5.74) is 3.99. The number of aromatic nitrogens is 4. The van der Waals surface area contributed by atoms with Crippen LogP contribution in [0.2, 0.25) is 0 Å². The zero-order valence-corrected chi connectivity index (χ0v) is 16.4. The van der Waals surface area contributed by atoms with Gasteiger partial charge >= 0.3 is 0 Å². The summed E-state index contributed by atoms with van der Waals surface area (Å²) in [4.78, 5) is 28.3. The monoisotopic (exact) mass is 378 g/mol. The highest BCUT2D eigenvalue weighted by molar-refractivity contribution is 5.79. The van der Waals surface area contributed by atoms with Gasteiger partial charge in [-0.25, -0.2) is 15.0 Å². The predicted octanol–water partition coefficient (Wildman–Crippen LogP) is 2.48. The predicted molar refractivity (Wildman–Crippen MR) is 109 cm³/mol. The van der Waals surface area contributed by atoms with Gasteiger partial charge in [-0.05, 0) is 44.9 Å². The zero-order valence-electron chi connectivity index (χ0n) is 16.4. The van der Waals surface area contributed by atoms with Crippen molar-refractivity contribution in [3.05, 3.63) is 48.0 Å². The molecule has 0 radical (unpaired) electrons. The molecular weight excluding hydrogens is 352 g/mol. The Morgan fingerprint density at radius 1 is 1.21 bits per heavy atom. The SMILES string of the molecule is Cc1cc(C)nc(N2CCCC(C(=O)NCCn3cnc4ccccc43)C2)n1. The van der Waals surface area contributed by atoms with E-state index in [0.29, 0.717) is 19.6 Å². The van der Waals surface area contributed by atoms with Crippen LogP contribution in [0.3, 0.4) is 0 Å². The van der Waals surface area contributed by atoms with Crippen LogP contribution in [0.25, 0.3) is 11.0 Å². The van der Waals surface area contributed by atoms with E-state index < -0.39 is 0 Å². The Morgan fingerprint density at radius 2 is 2.00 bits per heavy atom. The third kappa shape index (κ3) is 3.98. The van der Waals surface area contributed by atoms with Gasteiger partial charge in [0.25, 0.3) is 0 Å². The molecule has 1 aromatic carbocycles. The third-order valence-electron chi connectivity index (χ3n) is 5.22. The standard InChI is InChI=1S/C21H26N6O/c1-15-12-16(2)25-21(24-15)26-10-5-6-17(13-26)20(28)22-9-11-27-14-23-18-7-3-4-8-19(18)27/h3-4,7-8,12,14,17H,5-6,9-11,13H2,1-2H3,(H,22,28). The van der Waals surface area contributed by atoms with E-state index in [-0.39, 0.29) is 11.8 Å². The number of carbonyl (C=O) groups is 1. The number of anilines is 1. The third-order valence-corrected chi connectivity index (χ3v) is 5.22. The van der Waals surface area contributed by atoms with Crippen LogP contribution >= 0.6 is 0 Å². The van der Waals surface area contributed by atoms with Gasteiger partial charge in [0.2, 0.25) is 11.9 Å². The lowest BCUT2D eigenvalue weighted by Gasteiger charge is -2.32. The minimum Gasteiger partial charge on any atom is -0.354 e. The molecule has 2 aromatic heterocycles. The first-order chi connectivity index (χ1) is 13.6. The number of hydrogen-bond donors (Lipinski definition) is 1. The molecule has 1 atom stereocenters. The van der Waals surface area contributed by atoms with Crippen molar-refractivity contribution in [3.8, 4) is 0 Å². The number of para-hydroxylation sites is 2. The van der Waals surface area contributed by atoms with Gasteiger partial charge in [-0.1, -0.05) is 12.1 Å². The van der Waals surface area contributed by atoms with Crippen LogP contribution in [-0.4, -0.2) is 45.1 Å². The molecule has 1 N–H and O–H groups in total. The highest BCUT2D eigenvalue weighted by Crippen LogP contribution is 2.21. The smallest absolute Gasteiger partial charge is 0.225 e. The van der Waals surface area contributed by atoms with Crippen molar-refractivity contribution in [2.75, 3.05) is 24.5 Å². The maximum absolute atomic E-state index is 12.7. The second kappa shape index (κ2) is 7.96. The lowest BCUT2D eigenvalue weighted by molar-refractivity contribution is -0.125. The van der Waals surface area contributed by atoms with E-state index in [4.69, 9.17) is 0 Å². The van der Waals surface area contributed by atoms with Crippen molar-refractivity contribution >= 4 is 22.9 Å². The Labute approximate surface area is 164 Å². The van der Waals surface area contributed by atoms with Crippen LogP contribution in [0.1, 0.15) is 24.2 Å². The van der Waals surface area contributed by atoms with Crippen LogP contribution in [0.5, 0.6) is 0 Å². The summed E-state index contributed by atoms with van der Waals surface area (Å²) in [6.45, 7) is 6.83. The van der Waals surface area contributed by atoms with Gasteiger partial charge in [-0.3, -0.25) is 4.79 Å². The molecule has 3 aromatic rings. The number of fused-ring (bicyclic) bond motifs is 1. The average Bonchev–Trinajstić information content (AvgIpc) is 3.10. The summed E-state index contributed by atoms with van der Waals surface area (Å²) in [6, 6.07) is 10.0. The van der Waals surface area contributed by atoms with Crippen LogP contribution < -0.4 is 10.2 Å². The number of nitrogens with one attached hydrogen (secondary N) is 1. The molecule has 7 heteroatoms. The first-order valence-electron chi connectivity index (χ1n) is 9.85. The van der Waals surface area contributed by atoms with E-state index >= 15 is 0 Å². The minimum atomic E-state index is -0.0299. The fourth-order valence-electron chi connectivity index (χ4n) is 3.85. The first kappa shape index (κ1) is 18.4. The zero-order chi connectivity index (χ0) is 19.5. The molecule has 1 aliphatic rings. The highest BCUT2D eigenvalue weighted by atomic mass is 16.1. The fraction of sp³-hybridized carbons (Fsp3) is 0.429. The number of rotatable bonds is 5. The van der Waals surface area contributed by atoms with Gasteiger partial charge < -0.3 is 14.8 Å². The number of hydrogen-bond acceptors (Lipinski definition) is 5. The lowest BCUT2D eigenvalue weighted by atomic mass is 9.97. The largest absolute Gasteiger partial charge is 0.354 e. The van der Waals surface area contributed by atoms with E-state index in [2.05, 4.69) is 29.7 Å². The first-order valence-corrected chi connectivity index (χ1v) is 9.85. The fourth-order valence-corrected chi connectivity index (χ4v) is 3.85. The molecule has 1 saturated heterocycles.